The summed E-state index contributed by atoms with van der Waals surface area (Å²) in [7, 11) is 1.42. The molecule has 14 heavy (non-hydrogen) atoms. The third-order valence-electron chi connectivity index (χ3n) is 2.25. The van der Waals surface area contributed by atoms with Crippen LogP contribution in [-0.4, -0.2) is 13.1 Å². The molecule has 2 heteroatoms. The maximum absolute atomic E-state index is 10.9. The lowest BCUT2D eigenvalue weighted by Crippen LogP contribution is -2.01. The first-order valence-electron chi connectivity index (χ1n) is 4.91. The van der Waals surface area contributed by atoms with Crippen molar-refractivity contribution in [2.45, 2.75) is 26.2 Å². The lowest BCUT2D eigenvalue weighted by atomic mass is 10.1. The second-order valence-corrected chi connectivity index (χ2v) is 3.25. The van der Waals surface area contributed by atoms with E-state index in [1.54, 1.807) is 0 Å². The molecular weight excluding hydrogens is 176 g/mol. The Hall–Kier alpha value is -1.31. The molecule has 0 saturated heterocycles. The minimum absolute atomic E-state index is 0.146. The van der Waals surface area contributed by atoms with Crippen molar-refractivity contribution < 1.29 is 9.53 Å². The molecule has 1 aromatic rings. The predicted octanol–water partition coefficient (Wildman–Crippen LogP) is 2.35. The van der Waals surface area contributed by atoms with Gasteiger partial charge < -0.3 is 4.74 Å². The fourth-order valence-electron chi connectivity index (χ4n) is 1.35. The Morgan fingerprint density at radius 2 is 2.07 bits per heavy atom. The van der Waals surface area contributed by atoms with E-state index in [-0.39, 0.29) is 5.97 Å². The molecule has 2 nitrogen and oxygen atoms in total. The first-order chi connectivity index (χ1) is 6.76. The fourth-order valence-corrected chi connectivity index (χ4v) is 1.35. The van der Waals surface area contributed by atoms with Crippen LogP contribution in [0, 0.1) is 0 Å². The van der Waals surface area contributed by atoms with Gasteiger partial charge in [-0.1, -0.05) is 31.2 Å². The Morgan fingerprint density at radius 1 is 1.36 bits per heavy atom. The minimum Gasteiger partial charge on any atom is -0.469 e. The summed E-state index contributed by atoms with van der Waals surface area (Å²) in [6.45, 7) is 2.12. The van der Waals surface area contributed by atoms with Crippen LogP contribution < -0.4 is 0 Å². The SMILES string of the molecule is CCc1cccc(CCC(=O)OC)c1. The van der Waals surface area contributed by atoms with Crippen LogP contribution in [0.2, 0.25) is 0 Å². The molecule has 0 saturated carbocycles. The van der Waals surface area contributed by atoms with Crippen molar-refractivity contribution in [1.82, 2.24) is 0 Å². The highest BCUT2D eigenvalue weighted by Gasteiger charge is 2.01. The Morgan fingerprint density at radius 3 is 2.71 bits per heavy atom. The number of carbonyl (C=O) groups is 1. The van der Waals surface area contributed by atoms with Crippen LogP contribution in [0.25, 0.3) is 0 Å². The number of methoxy groups -OCH3 is 1. The highest BCUT2D eigenvalue weighted by Crippen LogP contribution is 2.08. The molecule has 0 aromatic heterocycles. The molecule has 0 spiro atoms. The molecule has 0 aliphatic rings. The third-order valence-corrected chi connectivity index (χ3v) is 2.25. The Bertz CT molecular complexity index is 305. The number of aryl methyl sites for hydroxylation is 2. The summed E-state index contributed by atoms with van der Waals surface area (Å²) >= 11 is 0. The quantitative estimate of drug-likeness (QED) is 0.684. The molecule has 0 aliphatic heterocycles. The van der Waals surface area contributed by atoms with Crippen LogP contribution in [0.4, 0.5) is 0 Å². The summed E-state index contributed by atoms with van der Waals surface area (Å²) in [6, 6.07) is 8.32. The molecule has 0 radical (unpaired) electrons. The zero-order valence-electron chi connectivity index (χ0n) is 8.75. The summed E-state index contributed by atoms with van der Waals surface area (Å²) < 4.78 is 4.59. The van der Waals surface area contributed by atoms with Crippen molar-refractivity contribution in [2.75, 3.05) is 7.11 Å². The van der Waals surface area contributed by atoms with Gasteiger partial charge in [-0.05, 0) is 24.0 Å². The molecule has 0 heterocycles. The van der Waals surface area contributed by atoms with Gasteiger partial charge in [0.15, 0.2) is 0 Å². The van der Waals surface area contributed by atoms with E-state index in [4.69, 9.17) is 0 Å². The molecule has 0 bridgehead atoms. The van der Waals surface area contributed by atoms with E-state index in [9.17, 15) is 4.79 Å². The normalized spacial score (nSPS) is 9.86. The Labute approximate surface area is 84.9 Å². The zero-order valence-corrected chi connectivity index (χ0v) is 8.75. The van der Waals surface area contributed by atoms with E-state index < -0.39 is 0 Å². The number of carbonyl (C=O) groups excluding carboxylic acids is 1. The lowest BCUT2D eigenvalue weighted by Gasteiger charge is -2.02. The van der Waals surface area contributed by atoms with Crippen LogP contribution in [0.5, 0.6) is 0 Å². The van der Waals surface area contributed by atoms with Crippen LogP contribution in [0.3, 0.4) is 0 Å². The number of benzene rings is 1. The van der Waals surface area contributed by atoms with Gasteiger partial charge in [0.05, 0.1) is 7.11 Å². The number of hydrogen-bond acceptors (Lipinski definition) is 2. The molecule has 1 rings (SSSR count). The van der Waals surface area contributed by atoms with Crippen LogP contribution in [0.1, 0.15) is 24.5 Å². The van der Waals surface area contributed by atoms with E-state index in [1.165, 1.54) is 18.2 Å². The van der Waals surface area contributed by atoms with Crippen molar-refractivity contribution in [3.63, 3.8) is 0 Å². The molecule has 0 N–H and O–H groups in total. The molecule has 76 valence electrons. The van der Waals surface area contributed by atoms with Crippen molar-refractivity contribution in [3.8, 4) is 0 Å². The van der Waals surface area contributed by atoms with Gasteiger partial charge in [-0.25, -0.2) is 0 Å². The number of esters is 1. The Balaban J connectivity index is 2.54. The number of ether oxygens (including phenoxy) is 1. The Kier molecular flexibility index (Phi) is 4.17. The lowest BCUT2D eigenvalue weighted by molar-refractivity contribution is -0.140. The van der Waals surface area contributed by atoms with E-state index >= 15 is 0 Å². The monoisotopic (exact) mass is 192 g/mol. The van der Waals surface area contributed by atoms with Crippen molar-refractivity contribution in [1.29, 1.82) is 0 Å². The van der Waals surface area contributed by atoms with Crippen molar-refractivity contribution in [2.24, 2.45) is 0 Å². The average molecular weight is 192 g/mol. The minimum atomic E-state index is -0.146. The number of hydrogen-bond donors (Lipinski definition) is 0. The summed E-state index contributed by atoms with van der Waals surface area (Å²) in [5.41, 5.74) is 2.52. The van der Waals surface area contributed by atoms with E-state index in [2.05, 4.69) is 23.8 Å². The zero-order chi connectivity index (χ0) is 10.4. The second-order valence-electron chi connectivity index (χ2n) is 3.25. The first kappa shape index (κ1) is 10.8. The third kappa shape index (κ3) is 3.21. The summed E-state index contributed by atoms with van der Waals surface area (Å²) in [6.07, 6.45) is 2.26. The largest absolute Gasteiger partial charge is 0.469 e. The summed E-state index contributed by atoms with van der Waals surface area (Å²) in [4.78, 5) is 10.9. The van der Waals surface area contributed by atoms with Crippen LogP contribution in [0.15, 0.2) is 24.3 Å². The molecule has 1 aromatic carbocycles. The van der Waals surface area contributed by atoms with Gasteiger partial charge in [-0.3, -0.25) is 4.79 Å². The van der Waals surface area contributed by atoms with E-state index in [1.807, 2.05) is 12.1 Å². The van der Waals surface area contributed by atoms with E-state index in [0.717, 1.165) is 12.8 Å². The molecule has 0 aliphatic carbocycles. The second kappa shape index (κ2) is 5.43. The smallest absolute Gasteiger partial charge is 0.305 e. The summed E-state index contributed by atoms with van der Waals surface area (Å²) in [5, 5.41) is 0. The maximum Gasteiger partial charge on any atom is 0.305 e. The van der Waals surface area contributed by atoms with E-state index in [0.29, 0.717) is 6.42 Å². The van der Waals surface area contributed by atoms with Crippen LogP contribution >= 0.6 is 0 Å². The van der Waals surface area contributed by atoms with Crippen LogP contribution in [-0.2, 0) is 22.4 Å². The highest BCUT2D eigenvalue weighted by atomic mass is 16.5. The van der Waals surface area contributed by atoms with Crippen molar-refractivity contribution >= 4 is 5.97 Å². The van der Waals surface area contributed by atoms with Gasteiger partial charge in [0, 0.05) is 6.42 Å². The molecule has 0 atom stereocenters. The highest BCUT2D eigenvalue weighted by molar-refractivity contribution is 5.69. The van der Waals surface area contributed by atoms with Crippen molar-refractivity contribution in [3.05, 3.63) is 35.4 Å². The fraction of sp³-hybridized carbons (Fsp3) is 0.417. The predicted molar refractivity (Wildman–Crippen MR) is 56.2 cm³/mol. The van der Waals surface area contributed by atoms with Gasteiger partial charge in [0.25, 0.3) is 0 Å². The standard InChI is InChI=1S/C12H16O2/c1-3-10-5-4-6-11(9-10)7-8-12(13)14-2/h4-6,9H,3,7-8H2,1-2H3. The topological polar surface area (TPSA) is 26.3 Å². The molecule has 0 amide bonds. The van der Waals surface area contributed by atoms with Gasteiger partial charge in [-0.15, -0.1) is 0 Å². The first-order valence-corrected chi connectivity index (χ1v) is 4.91. The van der Waals surface area contributed by atoms with Gasteiger partial charge in [-0.2, -0.15) is 0 Å². The molecular formula is C12H16O2. The summed E-state index contributed by atoms with van der Waals surface area (Å²) in [5.74, 6) is -0.146. The van der Waals surface area contributed by atoms with Gasteiger partial charge in [0.2, 0.25) is 0 Å². The average Bonchev–Trinajstić information content (AvgIpc) is 2.26. The number of rotatable bonds is 4. The molecule has 0 unspecified atom stereocenters. The molecule has 0 fully saturated rings. The maximum atomic E-state index is 10.9. The van der Waals surface area contributed by atoms with Gasteiger partial charge >= 0.3 is 5.97 Å². The van der Waals surface area contributed by atoms with Gasteiger partial charge in [0.1, 0.15) is 0 Å².